The number of hydrogen-bond acceptors (Lipinski definition) is 5. The number of carbonyl (C=O) groups is 1. The fourth-order valence-electron chi connectivity index (χ4n) is 1.50. The highest BCUT2D eigenvalue weighted by molar-refractivity contribution is 7.12. The second-order valence-electron chi connectivity index (χ2n) is 3.37. The number of thiophene rings is 1. The van der Waals surface area contributed by atoms with E-state index in [9.17, 15) is 4.79 Å². The number of hydrogen-bond donors (Lipinski definition) is 1. The summed E-state index contributed by atoms with van der Waals surface area (Å²) in [5.41, 5.74) is 1.77. The monoisotopic (exact) mass is 245 g/mol. The van der Waals surface area contributed by atoms with Gasteiger partial charge in [0.1, 0.15) is 5.52 Å². The van der Waals surface area contributed by atoms with Crippen molar-refractivity contribution < 1.29 is 9.42 Å². The molecule has 5 nitrogen and oxygen atoms in total. The van der Waals surface area contributed by atoms with Gasteiger partial charge in [0.15, 0.2) is 5.52 Å². The maximum Gasteiger partial charge on any atom is 0.265 e. The van der Waals surface area contributed by atoms with Crippen LogP contribution in [0.2, 0.25) is 0 Å². The zero-order valence-corrected chi connectivity index (χ0v) is 9.40. The lowest BCUT2D eigenvalue weighted by molar-refractivity contribution is 0.103. The fourth-order valence-corrected chi connectivity index (χ4v) is 2.12. The number of anilines is 1. The maximum atomic E-state index is 11.9. The van der Waals surface area contributed by atoms with Crippen LogP contribution < -0.4 is 5.32 Å². The van der Waals surface area contributed by atoms with E-state index in [2.05, 4.69) is 20.3 Å². The van der Waals surface area contributed by atoms with Crippen molar-refractivity contribution in [1.82, 2.24) is 10.3 Å². The standard InChI is InChI=1S/C11H7N3O2S/c15-11(9-5-2-6-17-9)12-7-3-1-4-8-10(7)14-16-13-8/h1-6H,(H,12,15). The van der Waals surface area contributed by atoms with Gasteiger partial charge in [0.2, 0.25) is 0 Å². The first-order valence-electron chi connectivity index (χ1n) is 4.91. The Morgan fingerprint density at radius 1 is 1.24 bits per heavy atom. The van der Waals surface area contributed by atoms with E-state index in [1.807, 2.05) is 11.4 Å². The summed E-state index contributed by atoms with van der Waals surface area (Å²) in [6, 6.07) is 8.92. The van der Waals surface area contributed by atoms with E-state index < -0.39 is 0 Å². The molecule has 0 aliphatic carbocycles. The summed E-state index contributed by atoms with van der Waals surface area (Å²) in [7, 11) is 0. The summed E-state index contributed by atoms with van der Waals surface area (Å²) >= 11 is 1.39. The van der Waals surface area contributed by atoms with E-state index in [0.717, 1.165) is 0 Å². The third-order valence-corrected chi connectivity index (χ3v) is 3.15. The molecule has 0 unspecified atom stereocenters. The number of fused-ring (bicyclic) bond motifs is 1. The molecule has 2 aromatic heterocycles. The van der Waals surface area contributed by atoms with Crippen LogP contribution in [0.15, 0.2) is 40.3 Å². The molecule has 0 saturated heterocycles. The average molecular weight is 245 g/mol. The lowest BCUT2D eigenvalue weighted by atomic mass is 10.2. The average Bonchev–Trinajstić information content (AvgIpc) is 3.00. The molecule has 6 heteroatoms. The highest BCUT2D eigenvalue weighted by Crippen LogP contribution is 2.21. The summed E-state index contributed by atoms with van der Waals surface area (Å²) in [4.78, 5) is 12.5. The van der Waals surface area contributed by atoms with E-state index in [1.165, 1.54) is 11.3 Å². The van der Waals surface area contributed by atoms with E-state index in [0.29, 0.717) is 21.6 Å². The Morgan fingerprint density at radius 3 is 3.00 bits per heavy atom. The van der Waals surface area contributed by atoms with Crippen molar-refractivity contribution in [3.8, 4) is 0 Å². The van der Waals surface area contributed by atoms with Crippen molar-refractivity contribution in [3.05, 3.63) is 40.6 Å². The molecule has 0 saturated carbocycles. The zero-order chi connectivity index (χ0) is 11.7. The largest absolute Gasteiger partial charge is 0.319 e. The molecule has 0 radical (unpaired) electrons. The van der Waals surface area contributed by atoms with Crippen LogP contribution >= 0.6 is 11.3 Å². The Morgan fingerprint density at radius 2 is 2.18 bits per heavy atom. The van der Waals surface area contributed by atoms with Crippen molar-refractivity contribution in [2.24, 2.45) is 0 Å². The van der Waals surface area contributed by atoms with Crippen molar-refractivity contribution in [2.75, 3.05) is 5.32 Å². The lowest BCUT2D eigenvalue weighted by Crippen LogP contribution is -2.10. The van der Waals surface area contributed by atoms with Crippen molar-refractivity contribution in [2.45, 2.75) is 0 Å². The number of amides is 1. The van der Waals surface area contributed by atoms with Gasteiger partial charge in [0, 0.05) is 0 Å². The third kappa shape index (κ3) is 1.78. The molecule has 0 fully saturated rings. The molecular weight excluding hydrogens is 238 g/mol. The number of nitrogens with zero attached hydrogens (tertiary/aromatic N) is 2. The predicted molar refractivity (Wildman–Crippen MR) is 64.1 cm³/mol. The third-order valence-electron chi connectivity index (χ3n) is 2.28. The molecule has 1 N–H and O–H groups in total. The molecule has 0 spiro atoms. The van der Waals surface area contributed by atoms with Crippen molar-refractivity contribution in [1.29, 1.82) is 0 Å². The van der Waals surface area contributed by atoms with Gasteiger partial charge in [-0.05, 0) is 33.9 Å². The Hall–Kier alpha value is -2.21. The number of aromatic nitrogens is 2. The molecule has 0 aliphatic rings. The normalized spacial score (nSPS) is 10.6. The van der Waals surface area contributed by atoms with E-state index in [4.69, 9.17) is 0 Å². The van der Waals surface area contributed by atoms with Crippen LogP contribution in [-0.4, -0.2) is 16.2 Å². The zero-order valence-electron chi connectivity index (χ0n) is 8.58. The second-order valence-corrected chi connectivity index (χ2v) is 4.32. The first-order valence-corrected chi connectivity index (χ1v) is 5.79. The van der Waals surface area contributed by atoms with Crippen LogP contribution in [0.4, 0.5) is 5.69 Å². The van der Waals surface area contributed by atoms with Crippen LogP contribution in [0.5, 0.6) is 0 Å². The first-order chi connectivity index (χ1) is 8.34. The van der Waals surface area contributed by atoms with Gasteiger partial charge in [-0.25, -0.2) is 4.63 Å². The number of rotatable bonds is 2. The summed E-state index contributed by atoms with van der Waals surface area (Å²) < 4.78 is 4.63. The van der Waals surface area contributed by atoms with Gasteiger partial charge in [-0.2, -0.15) is 0 Å². The summed E-state index contributed by atoms with van der Waals surface area (Å²) in [5, 5.41) is 12.1. The van der Waals surface area contributed by atoms with Gasteiger partial charge in [-0.15, -0.1) is 11.3 Å². The van der Waals surface area contributed by atoms with E-state index >= 15 is 0 Å². The van der Waals surface area contributed by atoms with Crippen molar-refractivity contribution in [3.63, 3.8) is 0 Å². The van der Waals surface area contributed by atoms with Crippen LogP contribution in [-0.2, 0) is 0 Å². The van der Waals surface area contributed by atoms with E-state index in [-0.39, 0.29) is 5.91 Å². The van der Waals surface area contributed by atoms with E-state index in [1.54, 1.807) is 24.3 Å². The molecule has 1 amide bonds. The minimum atomic E-state index is -0.157. The Labute approximate surface area is 100 Å². The molecule has 0 atom stereocenters. The molecule has 1 aromatic carbocycles. The summed E-state index contributed by atoms with van der Waals surface area (Å²) in [6.07, 6.45) is 0. The highest BCUT2D eigenvalue weighted by atomic mass is 32.1. The summed E-state index contributed by atoms with van der Waals surface area (Å²) in [6.45, 7) is 0. The smallest absolute Gasteiger partial charge is 0.265 e. The lowest BCUT2D eigenvalue weighted by Gasteiger charge is -2.02. The molecule has 3 aromatic rings. The molecule has 0 bridgehead atoms. The van der Waals surface area contributed by atoms with Gasteiger partial charge in [0.05, 0.1) is 10.6 Å². The molecule has 0 aliphatic heterocycles. The topological polar surface area (TPSA) is 68.0 Å². The minimum Gasteiger partial charge on any atom is -0.319 e. The molecule has 3 rings (SSSR count). The Balaban J connectivity index is 1.95. The van der Waals surface area contributed by atoms with Gasteiger partial charge < -0.3 is 5.32 Å². The molecule has 17 heavy (non-hydrogen) atoms. The van der Waals surface area contributed by atoms with Crippen LogP contribution in [0.25, 0.3) is 11.0 Å². The van der Waals surface area contributed by atoms with Gasteiger partial charge in [-0.1, -0.05) is 12.1 Å². The maximum absolute atomic E-state index is 11.9. The Kier molecular flexibility index (Phi) is 2.34. The van der Waals surface area contributed by atoms with Gasteiger partial charge >= 0.3 is 0 Å². The minimum absolute atomic E-state index is 0.157. The van der Waals surface area contributed by atoms with Crippen LogP contribution in [0.3, 0.4) is 0 Å². The van der Waals surface area contributed by atoms with Crippen LogP contribution in [0.1, 0.15) is 9.67 Å². The van der Waals surface area contributed by atoms with Crippen molar-refractivity contribution >= 4 is 34.0 Å². The molecular formula is C11H7N3O2S. The highest BCUT2D eigenvalue weighted by Gasteiger charge is 2.11. The number of benzene rings is 1. The fraction of sp³-hybridized carbons (Fsp3) is 0. The molecule has 84 valence electrons. The van der Waals surface area contributed by atoms with Gasteiger partial charge in [-0.3, -0.25) is 4.79 Å². The Bertz CT molecular complexity index is 660. The molecule has 2 heterocycles. The number of carbonyl (C=O) groups excluding carboxylic acids is 1. The predicted octanol–water partition coefficient (Wildman–Crippen LogP) is 2.54. The second kappa shape index (κ2) is 3.99. The number of nitrogens with one attached hydrogen (secondary N) is 1. The summed E-state index contributed by atoms with van der Waals surface area (Å²) in [5.74, 6) is -0.157. The first kappa shape index (κ1) is 9.98. The van der Waals surface area contributed by atoms with Crippen LogP contribution in [0, 0.1) is 0 Å². The quantitative estimate of drug-likeness (QED) is 0.753. The van der Waals surface area contributed by atoms with Gasteiger partial charge in [0.25, 0.3) is 5.91 Å². The SMILES string of the molecule is O=C(Nc1cccc2nonc12)c1cccs1.